The van der Waals surface area contributed by atoms with Crippen molar-refractivity contribution in [3.8, 4) is 0 Å². The molecule has 0 fully saturated rings. The summed E-state index contributed by atoms with van der Waals surface area (Å²) < 4.78 is 42.0. The highest BCUT2D eigenvalue weighted by Gasteiger charge is 2.62. The highest BCUT2D eigenvalue weighted by Crippen LogP contribution is 2.49. The normalized spacial score (nSPS) is 18.5. The van der Waals surface area contributed by atoms with Gasteiger partial charge in [0.15, 0.2) is 0 Å². The third-order valence-electron chi connectivity index (χ3n) is 4.33. The lowest BCUT2D eigenvalue weighted by Gasteiger charge is -2.29. The summed E-state index contributed by atoms with van der Waals surface area (Å²) >= 11 is 11.7. The van der Waals surface area contributed by atoms with Gasteiger partial charge in [-0.2, -0.15) is 13.2 Å². The number of carboxylic acids is 1. The highest BCUT2D eigenvalue weighted by atomic mass is 35.5. The molecule has 1 aliphatic rings. The topological polar surface area (TPSA) is 88.0 Å². The summed E-state index contributed by atoms with van der Waals surface area (Å²) in [5.41, 5.74) is -2.36. The van der Waals surface area contributed by atoms with E-state index in [1.165, 1.54) is 30.3 Å². The third-order valence-corrected chi connectivity index (χ3v) is 4.76. The smallest absolute Gasteiger partial charge is 0.435 e. The first-order valence-corrected chi connectivity index (χ1v) is 9.16. The molecule has 1 unspecified atom stereocenters. The van der Waals surface area contributed by atoms with Gasteiger partial charge in [0.1, 0.15) is 6.42 Å². The van der Waals surface area contributed by atoms with Gasteiger partial charge in [-0.25, -0.2) is 0 Å². The van der Waals surface area contributed by atoms with Crippen LogP contribution >= 0.6 is 23.2 Å². The van der Waals surface area contributed by atoms with Crippen LogP contribution < -0.4 is 5.32 Å². The zero-order valence-electron chi connectivity index (χ0n) is 15.0. The Morgan fingerprint density at radius 2 is 1.73 bits per heavy atom. The number of benzene rings is 2. The SMILES string of the molecule is O=C(O)CC(=O)Nc1ccc(C2=NOC(c3cc(Cl)cc(Cl)c3)(C(F)(F)F)C2)cc1. The lowest BCUT2D eigenvalue weighted by Crippen LogP contribution is -2.42. The van der Waals surface area contributed by atoms with Crippen molar-refractivity contribution in [2.75, 3.05) is 5.32 Å². The highest BCUT2D eigenvalue weighted by molar-refractivity contribution is 6.34. The van der Waals surface area contributed by atoms with E-state index in [2.05, 4.69) is 10.5 Å². The minimum atomic E-state index is -4.81. The van der Waals surface area contributed by atoms with Gasteiger partial charge in [-0.3, -0.25) is 9.59 Å². The van der Waals surface area contributed by atoms with Gasteiger partial charge < -0.3 is 15.3 Å². The van der Waals surface area contributed by atoms with Crippen LogP contribution in [0.4, 0.5) is 18.9 Å². The van der Waals surface area contributed by atoms with Crippen molar-refractivity contribution in [3.63, 3.8) is 0 Å². The standard InChI is InChI=1S/C19H13Cl2F3N2O4/c20-12-5-11(6-13(21)7-12)18(19(22,23)24)9-15(26-30-18)10-1-3-14(4-2-10)25-16(27)8-17(28)29/h1-7H,8-9H2,(H,25,27)(H,28,29). The molecule has 1 aliphatic heterocycles. The molecule has 0 aromatic heterocycles. The maximum absolute atomic E-state index is 14.0. The fourth-order valence-electron chi connectivity index (χ4n) is 2.93. The molecule has 1 heterocycles. The van der Waals surface area contributed by atoms with Crippen LogP contribution in [-0.2, 0) is 20.0 Å². The molecule has 0 saturated heterocycles. The Balaban J connectivity index is 1.84. The summed E-state index contributed by atoms with van der Waals surface area (Å²) in [6, 6.07) is 9.28. The number of hydrogen-bond donors (Lipinski definition) is 2. The molecule has 30 heavy (non-hydrogen) atoms. The van der Waals surface area contributed by atoms with Crippen LogP contribution in [0.1, 0.15) is 24.0 Å². The fourth-order valence-corrected chi connectivity index (χ4v) is 3.46. The van der Waals surface area contributed by atoms with E-state index in [4.69, 9.17) is 33.1 Å². The Morgan fingerprint density at radius 1 is 1.13 bits per heavy atom. The van der Waals surface area contributed by atoms with Gasteiger partial charge in [0.25, 0.3) is 5.60 Å². The van der Waals surface area contributed by atoms with Crippen molar-refractivity contribution in [2.24, 2.45) is 5.16 Å². The van der Waals surface area contributed by atoms with Crippen molar-refractivity contribution in [1.82, 2.24) is 0 Å². The lowest BCUT2D eigenvalue weighted by molar-refractivity contribution is -0.275. The molecule has 2 aromatic rings. The zero-order valence-corrected chi connectivity index (χ0v) is 16.5. The zero-order chi connectivity index (χ0) is 22.1. The van der Waals surface area contributed by atoms with Gasteiger partial charge in [0.05, 0.1) is 5.71 Å². The Bertz CT molecular complexity index is 1010. The predicted molar refractivity (Wildman–Crippen MR) is 104 cm³/mol. The molecule has 0 bridgehead atoms. The van der Waals surface area contributed by atoms with E-state index in [9.17, 15) is 22.8 Å². The first-order chi connectivity index (χ1) is 14.0. The minimum absolute atomic E-state index is 0.0274. The van der Waals surface area contributed by atoms with Crippen LogP contribution in [0.2, 0.25) is 10.0 Å². The number of rotatable bonds is 5. The van der Waals surface area contributed by atoms with E-state index in [1.807, 2.05) is 0 Å². The number of amides is 1. The predicted octanol–water partition coefficient (Wildman–Crippen LogP) is 4.99. The van der Waals surface area contributed by atoms with E-state index >= 15 is 0 Å². The summed E-state index contributed by atoms with van der Waals surface area (Å²) in [5.74, 6) is -2.02. The Morgan fingerprint density at radius 3 is 2.27 bits per heavy atom. The first-order valence-electron chi connectivity index (χ1n) is 8.40. The van der Waals surface area contributed by atoms with Crippen molar-refractivity contribution in [3.05, 3.63) is 63.6 Å². The van der Waals surface area contributed by atoms with Gasteiger partial charge in [0, 0.05) is 27.7 Å². The summed E-state index contributed by atoms with van der Waals surface area (Å²) in [6.45, 7) is 0. The molecule has 1 amide bonds. The van der Waals surface area contributed by atoms with E-state index in [0.717, 1.165) is 12.1 Å². The minimum Gasteiger partial charge on any atom is -0.481 e. The molecular weight excluding hydrogens is 448 g/mol. The van der Waals surface area contributed by atoms with E-state index in [1.54, 1.807) is 0 Å². The molecule has 0 saturated carbocycles. The third kappa shape index (κ3) is 4.52. The second-order valence-electron chi connectivity index (χ2n) is 6.48. The number of carboxylic acid groups (broad SMARTS) is 1. The maximum atomic E-state index is 14.0. The number of carbonyl (C=O) groups is 2. The van der Waals surface area contributed by atoms with Crippen molar-refractivity contribution in [1.29, 1.82) is 0 Å². The van der Waals surface area contributed by atoms with Crippen LogP contribution in [0.15, 0.2) is 47.6 Å². The quantitative estimate of drug-likeness (QED) is 0.615. The maximum Gasteiger partial charge on any atom is 0.435 e. The molecule has 2 aromatic carbocycles. The Kier molecular flexibility index (Phi) is 5.96. The van der Waals surface area contributed by atoms with Crippen LogP contribution in [0.3, 0.4) is 0 Å². The van der Waals surface area contributed by atoms with E-state index in [-0.39, 0.29) is 27.0 Å². The van der Waals surface area contributed by atoms with Crippen LogP contribution in [0.5, 0.6) is 0 Å². The van der Waals surface area contributed by atoms with Gasteiger partial charge >= 0.3 is 12.1 Å². The first kappa shape index (κ1) is 21.9. The Labute approximate surface area is 178 Å². The number of alkyl halides is 3. The van der Waals surface area contributed by atoms with Crippen molar-refractivity contribution in [2.45, 2.75) is 24.6 Å². The molecule has 0 aliphatic carbocycles. The molecule has 0 spiro atoms. The molecular formula is C19H13Cl2F3N2O4. The van der Waals surface area contributed by atoms with Gasteiger partial charge in [0.2, 0.25) is 5.91 Å². The summed E-state index contributed by atoms with van der Waals surface area (Å²) in [4.78, 5) is 26.9. The molecule has 6 nitrogen and oxygen atoms in total. The molecule has 2 N–H and O–H groups in total. The van der Waals surface area contributed by atoms with Crippen LogP contribution in [0, 0.1) is 0 Å². The summed E-state index contributed by atoms with van der Waals surface area (Å²) in [5, 5.41) is 14.7. The number of aliphatic carboxylic acids is 1. The largest absolute Gasteiger partial charge is 0.481 e. The molecule has 1 atom stereocenters. The number of anilines is 1. The van der Waals surface area contributed by atoms with E-state index in [0.29, 0.717) is 5.56 Å². The molecule has 158 valence electrons. The average Bonchev–Trinajstić information content (AvgIpc) is 3.07. The van der Waals surface area contributed by atoms with Crippen molar-refractivity contribution >= 4 is 46.5 Å². The lowest BCUT2D eigenvalue weighted by atomic mass is 9.86. The van der Waals surface area contributed by atoms with Gasteiger partial charge in [-0.1, -0.05) is 40.5 Å². The second kappa shape index (κ2) is 8.16. The molecule has 3 rings (SSSR count). The number of carbonyl (C=O) groups excluding carboxylic acids is 1. The summed E-state index contributed by atoms with van der Waals surface area (Å²) in [6.07, 6.45) is -6.13. The van der Waals surface area contributed by atoms with Crippen molar-refractivity contribution < 1.29 is 32.7 Å². The number of hydrogen-bond acceptors (Lipinski definition) is 4. The second-order valence-corrected chi connectivity index (χ2v) is 7.36. The van der Waals surface area contributed by atoms with E-state index < -0.39 is 36.5 Å². The molecule has 0 radical (unpaired) electrons. The number of nitrogens with one attached hydrogen (secondary N) is 1. The van der Waals surface area contributed by atoms with Crippen LogP contribution in [-0.4, -0.2) is 28.9 Å². The summed E-state index contributed by atoms with van der Waals surface area (Å²) in [7, 11) is 0. The fraction of sp³-hybridized carbons (Fsp3) is 0.211. The molecule has 11 heteroatoms. The Hall–Kier alpha value is -2.78. The number of oxime groups is 1. The monoisotopic (exact) mass is 460 g/mol. The number of halogens is 5. The average molecular weight is 461 g/mol. The number of nitrogens with zero attached hydrogens (tertiary/aromatic N) is 1. The van der Waals surface area contributed by atoms with Gasteiger partial charge in [-0.05, 0) is 35.9 Å². The van der Waals surface area contributed by atoms with Gasteiger partial charge in [-0.15, -0.1) is 0 Å². The van der Waals surface area contributed by atoms with Crippen LogP contribution in [0.25, 0.3) is 0 Å².